The number of hydrogen-bond acceptors (Lipinski definition) is 2. The Morgan fingerprint density at radius 3 is 2.39 bits per heavy atom. The number of aryl methyl sites for hydroxylation is 1. The molecule has 4 nitrogen and oxygen atoms in total. The molecule has 0 aliphatic carbocycles. The fourth-order valence-corrected chi connectivity index (χ4v) is 1.54. The van der Waals surface area contributed by atoms with Gasteiger partial charge in [0.15, 0.2) is 0 Å². The highest BCUT2D eigenvalue weighted by atomic mass is 16.3. The van der Waals surface area contributed by atoms with E-state index in [1.165, 1.54) is 0 Å². The van der Waals surface area contributed by atoms with Crippen LogP contribution in [0.3, 0.4) is 0 Å². The molecule has 4 heteroatoms. The lowest BCUT2D eigenvalue weighted by molar-refractivity contribution is 0.232. The largest absolute Gasteiger partial charge is 0.508 e. The zero-order chi connectivity index (χ0) is 13.6. The summed E-state index contributed by atoms with van der Waals surface area (Å²) in [5, 5.41) is 14.8. The van der Waals surface area contributed by atoms with E-state index in [0.29, 0.717) is 6.54 Å². The molecule has 18 heavy (non-hydrogen) atoms. The highest BCUT2D eigenvalue weighted by molar-refractivity contribution is 5.74. The fourth-order valence-electron chi connectivity index (χ4n) is 1.54. The Balaban J connectivity index is 2.19. The summed E-state index contributed by atoms with van der Waals surface area (Å²) in [7, 11) is 0. The summed E-state index contributed by atoms with van der Waals surface area (Å²) < 4.78 is 0. The van der Waals surface area contributed by atoms with Crippen molar-refractivity contribution in [2.45, 2.75) is 39.2 Å². The highest BCUT2D eigenvalue weighted by Crippen LogP contribution is 2.10. The van der Waals surface area contributed by atoms with Crippen molar-refractivity contribution in [1.82, 2.24) is 10.6 Å². The molecule has 0 aliphatic heterocycles. The fraction of sp³-hybridized carbons (Fsp3) is 0.500. The first-order valence-corrected chi connectivity index (χ1v) is 6.21. The Morgan fingerprint density at radius 1 is 1.22 bits per heavy atom. The molecule has 0 fully saturated rings. The van der Waals surface area contributed by atoms with Gasteiger partial charge in [0, 0.05) is 12.1 Å². The number of rotatable bonds is 4. The van der Waals surface area contributed by atoms with E-state index in [2.05, 4.69) is 10.6 Å². The van der Waals surface area contributed by atoms with Crippen molar-refractivity contribution in [3.05, 3.63) is 29.8 Å². The lowest BCUT2D eigenvalue weighted by Gasteiger charge is -2.20. The van der Waals surface area contributed by atoms with Gasteiger partial charge in [-0.25, -0.2) is 4.79 Å². The molecule has 2 amide bonds. The van der Waals surface area contributed by atoms with Crippen LogP contribution in [0.5, 0.6) is 5.75 Å². The van der Waals surface area contributed by atoms with E-state index in [-0.39, 0.29) is 17.3 Å². The van der Waals surface area contributed by atoms with Gasteiger partial charge in [0.25, 0.3) is 0 Å². The summed E-state index contributed by atoms with van der Waals surface area (Å²) in [4.78, 5) is 11.5. The summed E-state index contributed by atoms with van der Waals surface area (Å²) in [6, 6.07) is 7.01. The Labute approximate surface area is 108 Å². The Kier molecular flexibility index (Phi) is 5.01. The van der Waals surface area contributed by atoms with E-state index in [0.717, 1.165) is 18.4 Å². The third kappa shape index (κ3) is 6.13. The van der Waals surface area contributed by atoms with Crippen LogP contribution >= 0.6 is 0 Å². The average Bonchev–Trinajstić information content (AvgIpc) is 2.24. The molecule has 0 atom stereocenters. The number of amides is 2. The number of hydrogen-bond donors (Lipinski definition) is 3. The van der Waals surface area contributed by atoms with Crippen LogP contribution in [0.25, 0.3) is 0 Å². The molecule has 3 N–H and O–H groups in total. The number of phenols is 1. The van der Waals surface area contributed by atoms with Crippen LogP contribution in [0.1, 0.15) is 32.8 Å². The van der Waals surface area contributed by atoms with Crippen LogP contribution < -0.4 is 10.6 Å². The highest BCUT2D eigenvalue weighted by Gasteiger charge is 2.12. The van der Waals surface area contributed by atoms with Crippen LogP contribution in [0.2, 0.25) is 0 Å². The van der Waals surface area contributed by atoms with Crippen molar-refractivity contribution in [3.8, 4) is 5.75 Å². The first-order chi connectivity index (χ1) is 8.37. The van der Waals surface area contributed by atoms with Gasteiger partial charge in [-0.15, -0.1) is 0 Å². The number of aromatic hydroxyl groups is 1. The summed E-state index contributed by atoms with van der Waals surface area (Å²) in [5.41, 5.74) is 0.951. The van der Waals surface area contributed by atoms with Crippen LogP contribution in [0, 0.1) is 0 Å². The SMILES string of the molecule is CC(C)(C)NC(=O)NCCCc1ccc(O)cc1. The van der Waals surface area contributed by atoms with E-state index in [1.807, 2.05) is 32.9 Å². The van der Waals surface area contributed by atoms with Gasteiger partial charge in [-0.3, -0.25) is 0 Å². The normalized spacial score (nSPS) is 11.1. The van der Waals surface area contributed by atoms with E-state index in [1.54, 1.807) is 12.1 Å². The standard InChI is InChI=1S/C14H22N2O2/c1-14(2,3)16-13(18)15-10-4-5-11-6-8-12(17)9-7-11/h6-9,17H,4-5,10H2,1-3H3,(H2,15,16,18). The first-order valence-electron chi connectivity index (χ1n) is 6.21. The van der Waals surface area contributed by atoms with E-state index < -0.39 is 0 Å². The van der Waals surface area contributed by atoms with Gasteiger partial charge in [-0.2, -0.15) is 0 Å². The lowest BCUT2D eigenvalue weighted by Crippen LogP contribution is -2.46. The van der Waals surface area contributed by atoms with Crippen LogP contribution in [0.15, 0.2) is 24.3 Å². The van der Waals surface area contributed by atoms with Gasteiger partial charge in [-0.1, -0.05) is 12.1 Å². The molecule has 1 rings (SSSR count). The van der Waals surface area contributed by atoms with Crippen molar-refractivity contribution < 1.29 is 9.90 Å². The molecular formula is C14H22N2O2. The topological polar surface area (TPSA) is 61.4 Å². The predicted molar refractivity (Wildman–Crippen MR) is 72.7 cm³/mol. The summed E-state index contributed by atoms with van der Waals surface area (Å²) in [6.45, 7) is 6.48. The molecule has 0 aromatic heterocycles. The van der Waals surface area contributed by atoms with Crippen molar-refractivity contribution in [2.75, 3.05) is 6.54 Å². The Hall–Kier alpha value is -1.71. The predicted octanol–water partition coefficient (Wildman–Crippen LogP) is 2.42. The van der Waals surface area contributed by atoms with E-state index in [4.69, 9.17) is 5.11 Å². The average molecular weight is 250 g/mol. The van der Waals surface area contributed by atoms with Crippen molar-refractivity contribution in [3.63, 3.8) is 0 Å². The number of carbonyl (C=O) groups excluding carboxylic acids is 1. The minimum Gasteiger partial charge on any atom is -0.508 e. The summed E-state index contributed by atoms with van der Waals surface area (Å²) in [5.74, 6) is 0.279. The molecular weight excluding hydrogens is 228 g/mol. The van der Waals surface area contributed by atoms with Gasteiger partial charge in [0.2, 0.25) is 0 Å². The molecule has 0 unspecified atom stereocenters. The molecule has 1 aromatic rings. The Bertz CT molecular complexity index is 380. The van der Waals surface area contributed by atoms with Crippen molar-refractivity contribution in [1.29, 1.82) is 0 Å². The number of nitrogens with one attached hydrogen (secondary N) is 2. The van der Waals surface area contributed by atoms with Crippen LogP contribution in [-0.4, -0.2) is 23.2 Å². The van der Waals surface area contributed by atoms with Gasteiger partial charge < -0.3 is 15.7 Å². The van der Waals surface area contributed by atoms with Crippen molar-refractivity contribution >= 4 is 6.03 Å². The van der Waals surface area contributed by atoms with Crippen LogP contribution in [0.4, 0.5) is 4.79 Å². The van der Waals surface area contributed by atoms with Gasteiger partial charge in [0.05, 0.1) is 0 Å². The molecule has 0 saturated heterocycles. The van der Waals surface area contributed by atoms with Crippen LogP contribution in [-0.2, 0) is 6.42 Å². The minimum atomic E-state index is -0.207. The molecule has 0 spiro atoms. The quantitative estimate of drug-likeness (QED) is 0.719. The molecule has 100 valence electrons. The second-order valence-corrected chi connectivity index (χ2v) is 5.40. The van der Waals surface area contributed by atoms with Gasteiger partial charge >= 0.3 is 6.03 Å². The molecule has 0 saturated carbocycles. The van der Waals surface area contributed by atoms with Gasteiger partial charge in [0.1, 0.15) is 5.75 Å². The summed E-state index contributed by atoms with van der Waals surface area (Å²) >= 11 is 0. The third-order valence-electron chi connectivity index (χ3n) is 2.35. The second-order valence-electron chi connectivity index (χ2n) is 5.40. The monoisotopic (exact) mass is 250 g/mol. The molecule has 1 aromatic carbocycles. The molecule has 0 radical (unpaired) electrons. The minimum absolute atomic E-state index is 0.131. The lowest BCUT2D eigenvalue weighted by atomic mass is 10.1. The second kappa shape index (κ2) is 6.28. The van der Waals surface area contributed by atoms with Gasteiger partial charge in [-0.05, 0) is 51.3 Å². The number of benzene rings is 1. The zero-order valence-corrected chi connectivity index (χ0v) is 11.3. The first kappa shape index (κ1) is 14.4. The number of urea groups is 1. The maximum Gasteiger partial charge on any atom is 0.315 e. The Morgan fingerprint density at radius 2 is 1.83 bits per heavy atom. The smallest absolute Gasteiger partial charge is 0.315 e. The number of phenolic OH excluding ortho intramolecular Hbond substituents is 1. The maximum absolute atomic E-state index is 11.5. The summed E-state index contributed by atoms with van der Waals surface area (Å²) in [6.07, 6.45) is 1.76. The number of carbonyl (C=O) groups is 1. The maximum atomic E-state index is 11.5. The van der Waals surface area contributed by atoms with E-state index >= 15 is 0 Å². The molecule has 0 aliphatic rings. The van der Waals surface area contributed by atoms with Crippen molar-refractivity contribution in [2.24, 2.45) is 0 Å². The van der Waals surface area contributed by atoms with E-state index in [9.17, 15) is 4.79 Å². The third-order valence-corrected chi connectivity index (χ3v) is 2.35. The molecule has 0 bridgehead atoms. The zero-order valence-electron chi connectivity index (χ0n) is 11.3. The molecule has 0 heterocycles.